The van der Waals surface area contributed by atoms with Crippen molar-refractivity contribution in [3.63, 3.8) is 0 Å². The van der Waals surface area contributed by atoms with Gasteiger partial charge in [-0.15, -0.1) is 54.1 Å². The molecule has 0 N–H and O–H groups in total. The van der Waals surface area contributed by atoms with Gasteiger partial charge in [-0.3, -0.25) is 0 Å². The topological polar surface area (TPSA) is 38.9 Å². The molecule has 0 fully saturated rings. The average Bonchev–Trinajstić information content (AvgIpc) is 3.49. The van der Waals surface area contributed by atoms with Crippen LogP contribution in [0.5, 0.6) is 0 Å². The summed E-state index contributed by atoms with van der Waals surface area (Å²) in [6, 6.07) is 39.2. The van der Waals surface area contributed by atoms with Gasteiger partial charge in [0, 0.05) is 44.7 Å². The molecule has 0 bridgehead atoms. The van der Waals surface area contributed by atoms with Crippen molar-refractivity contribution in [2.24, 2.45) is 5.41 Å². The third kappa shape index (κ3) is 8.10. The van der Waals surface area contributed by atoms with Gasteiger partial charge in [0.25, 0.3) is 0 Å². The zero-order valence-electron chi connectivity index (χ0n) is 33.1. The Hall–Kier alpha value is -4.15. The molecule has 0 spiro atoms. The largest absolute Gasteiger partial charge is 0.501 e. The van der Waals surface area contributed by atoms with Crippen molar-refractivity contribution < 1.29 is 31.4 Å². The van der Waals surface area contributed by atoms with E-state index in [1.54, 1.807) is 6.07 Å². The van der Waals surface area contributed by atoms with Crippen LogP contribution in [0.3, 0.4) is 0 Å². The second-order valence-electron chi connectivity index (χ2n) is 13.7. The zero-order chi connectivity index (χ0) is 37.5. The molecule has 0 saturated carbocycles. The normalized spacial score (nSPS) is 13.7. The molecule has 0 atom stereocenters. The maximum absolute atomic E-state index is 8.75. The van der Waals surface area contributed by atoms with E-state index in [1.165, 1.54) is 12.3 Å². The predicted molar refractivity (Wildman–Crippen MR) is 201 cm³/mol. The van der Waals surface area contributed by atoms with Crippen LogP contribution in [-0.4, -0.2) is 18.0 Å². The Balaban J connectivity index is 0.000000207. The minimum Gasteiger partial charge on any atom is -0.501 e. The SMILES string of the molecule is [2H]C([2H])([2H])c1ccnc(-c2[c-]ccc3c2oc2cc(-c4ccccc4)ccc23)c1.[2H]C([2H])(c1cc(-c2[c-]cccc2)ncc1[Si](C)(C)C)C(C)(C)C.[Ir]. The molecule has 245 valence electrons. The molecule has 3 aromatic heterocycles. The summed E-state index contributed by atoms with van der Waals surface area (Å²) >= 11 is 0. The predicted octanol–water partition coefficient (Wildman–Crippen LogP) is 11.1. The Labute approximate surface area is 306 Å². The average molecular weight is 828 g/mol. The van der Waals surface area contributed by atoms with Gasteiger partial charge in [0.2, 0.25) is 0 Å². The van der Waals surface area contributed by atoms with Crippen LogP contribution in [0.1, 0.15) is 38.8 Å². The van der Waals surface area contributed by atoms with Gasteiger partial charge < -0.3 is 14.4 Å². The maximum atomic E-state index is 8.75. The molecule has 48 heavy (non-hydrogen) atoms. The van der Waals surface area contributed by atoms with Gasteiger partial charge in [-0.2, -0.15) is 0 Å². The molecule has 1 radical (unpaired) electrons. The molecular formula is C43H42IrN2OSi-2. The van der Waals surface area contributed by atoms with E-state index in [-0.39, 0.29) is 25.7 Å². The fourth-order valence-electron chi connectivity index (χ4n) is 5.57. The number of aryl methyl sites for hydroxylation is 1. The summed E-state index contributed by atoms with van der Waals surface area (Å²) < 4.78 is 46.7. The standard InChI is InChI=1S/C24H16NO.C19H26NSi.Ir/c1-16-12-13-25-22(14-16)21-9-5-8-20-19-11-10-18(15-23(19)26-24(20)21)17-6-3-2-4-7-17;1-19(2,3)13-16-12-17(15-10-8-7-9-11-15)20-14-18(16)21(4,5)6;/h2-8,10-15H,1H3;7-10,12,14H,13H2,1-6H3;/q2*-1;/i1D3;13D2;. The van der Waals surface area contributed by atoms with Gasteiger partial charge in [-0.05, 0) is 58.5 Å². The smallest absolute Gasteiger partial charge is 0.121 e. The Morgan fingerprint density at radius 3 is 2.29 bits per heavy atom. The second-order valence-corrected chi connectivity index (χ2v) is 18.8. The Bertz CT molecular complexity index is 2350. The van der Waals surface area contributed by atoms with E-state index in [9.17, 15) is 0 Å². The van der Waals surface area contributed by atoms with Gasteiger partial charge in [0.1, 0.15) is 5.58 Å². The summed E-state index contributed by atoms with van der Waals surface area (Å²) in [5, 5.41) is 3.05. The van der Waals surface area contributed by atoms with Crippen molar-refractivity contribution >= 4 is 35.2 Å². The molecule has 0 saturated heterocycles. The number of hydrogen-bond acceptors (Lipinski definition) is 3. The number of pyridine rings is 2. The van der Waals surface area contributed by atoms with E-state index in [0.717, 1.165) is 49.5 Å². The van der Waals surface area contributed by atoms with E-state index < -0.39 is 26.7 Å². The van der Waals surface area contributed by atoms with Crippen LogP contribution >= 0.6 is 0 Å². The van der Waals surface area contributed by atoms with Crippen LogP contribution in [0, 0.1) is 24.4 Å². The molecule has 7 rings (SSSR count). The van der Waals surface area contributed by atoms with E-state index in [4.69, 9.17) is 11.3 Å². The first kappa shape index (κ1) is 28.8. The van der Waals surface area contributed by atoms with Gasteiger partial charge in [0.15, 0.2) is 0 Å². The van der Waals surface area contributed by atoms with Gasteiger partial charge >= 0.3 is 0 Å². The first-order valence-corrected chi connectivity index (χ1v) is 19.3. The number of nitrogens with zero attached hydrogens (tertiary/aromatic N) is 2. The Kier molecular flexibility index (Phi) is 8.73. The van der Waals surface area contributed by atoms with Crippen LogP contribution in [0.4, 0.5) is 0 Å². The fraction of sp³-hybridized carbons (Fsp3) is 0.209. The minimum absolute atomic E-state index is 0. The minimum atomic E-state index is -2.19. The second kappa shape index (κ2) is 14.5. The number of rotatable bonds is 5. The molecule has 7 aromatic rings. The summed E-state index contributed by atoms with van der Waals surface area (Å²) in [4.78, 5) is 8.98. The van der Waals surface area contributed by atoms with Crippen molar-refractivity contribution in [3.8, 4) is 33.6 Å². The van der Waals surface area contributed by atoms with Crippen LogP contribution in [-0.2, 0) is 26.5 Å². The third-order valence-corrected chi connectivity index (χ3v) is 9.78. The molecule has 3 nitrogen and oxygen atoms in total. The van der Waals surface area contributed by atoms with Crippen molar-refractivity contribution in [1.82, 2.24) is 9.97 Å². The summed E-state index contributed by atoms with van der Waals surface area (Å²) in [7, 11) is -1.70. The van der Waals surface area contributed by atoms with Crippen LogP contribution in [0.15, 0.2) is 120 Å². The number of hydrogen-bond donors (Lipinski definition) is 0. The number of aromatic nitrogens is 2. The zero-order valence-corrected chi connectivity index (χ0v) is 31.5. The third-order valence-electron chi connectivity index (χ3n) is 7.76. The van der Waals surface area contributed by atoms with Gasteiger partial charge in [0.05, 0.1) is 13.7 Å². The molecular weight excluding hydrogens is 781 g/mol. The van der Waals surface area contributed by atoms with Crippen molar-refractivity contribution in [2.75, 3.05) is 0 Å². The molecule has 0 aliphatic heterocycles. The molecule has 0 unspecified atom stereocenters. The van der Waals surface area contributed by atoms with E-state index >= 15 is 0 Å². The van der Waals surface area contributed by atoms with Crippen molar-refractivity contribution in [2.45, 2.75) is 53.6 Å². The van der Waals surface area contributed by atoms with Crippen molar-refractivity contribution in [3.05, 3.63) is 139 Å². The van der Waals surface area contributed by atoms with Crippen LogP contribution in [0.2, 0.25) is 19.6 Å². The molecule has 0 amide bonds. The van der Waals surface area contributed by atoms with E-state index in [1.807, 2.05) is 93.7 Å². The summed E-state index contributed by atoms with van der Waals surface area (Å²) in [6.45, 7) is 10.4. The summed E-state index contributed by atoms with van der Waals surface area (Å²) in [6.07, 6.45) is 1.98. The number of fused-ring (bicyclic) bond motifs is 3. The first-order valence-electron chi connectivity index (χ1n) is 18.3. The number of furan rings is 1. The molecule has 0 aliphatic carbocycles. The van der Waals surface area contributed by atoms with Gasteiger partial charge in [-0.1, -0.05) is 117 Å². The molecule has 4 aromatic carbocycles. The van der Waals surface area contributed by atoms with E-state index in [2.05, 4.69) is 66.0 Å². The Morgan fingerprint density at radius 2 is 1.58 bits per heavy atom. The fourth-order valence-corrected chi connectivity index (χ4v) is 6.96. The quantitative estimate of drug-likeness (QED) is 0.128. The molecule has 3 heterocycles. The van der Waals surface area contributed by atoms with E-state index in [0.29, 0.717) is 16.8 Å². The van der Waals surface area contributed by atoms with Crippen LogP contribution < -0.4 is 5.19 Å². The summed E-state index contributed by atoms with van der Waals surface area (Å²) in [5.74, 6) is 0. The Morgan fingerprint density at radius 1 is 0.792 bits per heavy atom. The molecule has 0 aliphatic rings. The van der Waals surface area contributed by atoms with Gasteiger partial charge in [-0.25, -0.2) is 0 Å². The monoisotopic (exact) mass is 828 g/mol. The first-order chi connectivity index (χ1) is 24.4. The maximum Gasteiger partial charge on any atom is 0.121 e. The summed E-state index contributed by atoms with van der Waals surface area (Å²) in [5.41, 5.74) is 7.05. The number of benzene rings is 4. The molecule has 5 heteroatoms. The van der Waals surface area contributed by atoms with Crippen molar-refractivity contribution in [1.29, 1.82) is 0 Å². The van der Waals surface area contributed by atoms with Crippen LogP contribution in [0.25, 0.3) is 55.6 Å².